The first-order valence-corrected chi connectivity index (χ1v) is 8.22. The summed E-state index contributed by atoms with van der Waals surface area (Å²) < 4.78 is 8.62. The van der Waals surface area contributed by atoms with Gasteiger partial charge in [-0.1, -0.05) is 23.3 Å². The van der Waals surface area contributed by atoms with E-state index in [4.69, 9.17) is 4.74 Å². The minimum atomic E-state index is -0.527. The van der Waals surface area contributed by atoms with Gasteiger partial charge in [-0.3, -0.25) is 0 Å². The lowest BCUT2D eigenvalue weighted by atomic mass is 9.94. The number of fused-ring (bicyclic) bond motifs is 1. The Kier molecular flexibility index (Phi) is 3.96. The van der Waals surface area contributed by atoms with Gasteiger partial charge in [-0.25, -0.2) is 9.48 Å². The topological polar surface area (TPSA) is 99.8 Å². The summed E-state index contributed by atoms with van der Waals surface area (Å²) in [5.41, 5.74) is 2.80. The molecule has 1 unspecified atom stereocenters. The monoisotopic (exact) mass is 351 g/mol. The fourth-order valence-electron chi connectivity index (χ4n) is 3.11. The Balaban J connectivity index is 1.93. The normalized spacial score (nSPS) is 16.2. The first-order chi connectivity index (χ1) is 12.7. The van der Waals surface area contributed by atoms with Crippen molar-refractivity contribution >= 4 is 11.9 Å². The Morgan fingerprint density at radius 2 is 2.15 bits per heavy atom. The molecule has 1 aliphatic rings. The van der Waals surface area contributed by atoms with Crippen LogP contribution < -0.4 is 5.32 Å². The molecule has 4 rings (SSSR count). The number of allylic oxidation sites excluding steroid dienone is 1. The van der Waals surface area contributed by atoms with Crippen molar-refractivity contribution in [1.29, 1.82) is 0 Å². The Morgan fingerprint density at radius 1 is 1.31 bits per heavy atom. The minimum absolute atomic E-state index is 0.283. The highest BCUT2D eigenvalue weighted by molar-refractivity contribution is 5.92. The molecule has 1 N–H and O–H groups in total. The molecule has 2 aromatic heterocycles. The highest BCUT2D eigenvalue weighted by Gasteiger charge is 2.36. The van der Waals surface area contributed by atoms with E-state index in [-0.39, 0.29) is 6.61 Å². The molecule has 26 heavy (non-hydrogen) atoms. The van der Waals surface area contributed by atoms with E-state index in [2.05, 4.69) is 25.9 Å². The van der Waals surface area contributed by atoms with Crippen molar-refractivity contribution in [3.8, 4) is 5.69 Å². The van der Waals surface area contributed by atoms with Gasteiger partial charge in [-0.05, 0) is 36.4 Å². The largest absolute Gasteiger partial charge is 0.463 e. The van der Waals surface area contributed by atoms with Crippen LogP contribution in [0.1, 0.15) is 25.5 Å². The van der Waals surface area contributed by atoms with E-state index in [1.807, 2.05) is 43.5 Å². The van der Waals surface area contributed by atoms with Crippen LogP contribution in [0.3, 0.4) is 0 Å². The van der Waals surface area contributed by atoms with E-state index >= 15 is 0 Å². The maximum atomic E-state index is 12.7. The zero-order valence-electron chi connectivity index (χ0n) is 14.3. The fourth-order valence-corrected chi connectivity index (χ4v) is 3.11. The number of aromatic nitrogens is 6. The van der Waals surface area contributed by atoms with Gasteiger partial charge in [0.15, 0.2) is 0 Å². The SMILES string of the molecule is CCOC(=O)C1=C(C)Nc2nnnn2C1c1ccccc1-n1cccn1. The van der Waals surface area contributed by atoms with Gasteiger partial charge in [0, 0.05) is 23.7 Å². The minimum Gasteiger partial charge on any atom is -0.463 e. The smallest absolute Gasteiger partial charge is 0.338 e. The van der Waals surface area contributed by atoms with Crippen molar-refractivity contribution in [2.75, 3.05) is 11.9 Å². The number of tetrazole rings is 1. The Hall–Kier alpha value is -3.49. The molecule has 0 radical (unpaired) electrons. The van der Waals surface area contributed by atoms with E-state index in [0.717, 1.165) is 11.3 Å². The summed E-state index contributed by atoms with van der Waals surface area (Å²) in [7, 11) is 0. The van der Waals surface area contributed by atoms with Crippen molar-refractivity contribution in [2.24, 2.45) is 0 Å². The van der Waals surface area contributed by atoms with Crippen LogP contribution in [0.15, 0.2) is 54.0 Å². The summed E-state index contributed by atoms with van der Waals surface area (Å²) in [4.78, 5) is 12.7. The average molecular weight is 351 g/mol. The number of carbonyl (C=O) groups excluding carboxylic acids is 1. The van der Waals surface area contributed by atoms with Gasteiger partial charge in [-0.2, -0.15) is 9.78 Å². The molecule has 0 aliphatic carbocycles. The molecule has 0 fully saturated rings. The number of carbonyl (C=O) groups is 1. The molecular weight excluding hydrogens is 334 g/mol. The number of esters is 1. The van der Waals surface area contributed by atoms with E-state index < -0.39 is 12.0 Å². The van der Waals surface area contributed by atoms with E-state index in [0.29, 0.717) is 17.2 Å². The summed E-state index contributed by atoms with van der Waals surface area (Å²) in [5.74, 6) is 0.0646. The molecule has 3 heterocycles. The zero-order valence-corrected chi connectivity index (χ0v) is 14.3. The number of benzene rings is 1. The molecule has 0 saturated carbocycles. The molecule has 1 atom stereocenters. The number of hydrogen-bond acceptors (Lipinski definition) is 7. The van der Waals surface area contributed by atoms with Crippen LogP contribution >= 0.6 is 0 Å². The summed E-state index contributed by atoms with van der Waals surface area (Å²) in [6.45, 7) is 3.87. The third-order valence-corrected chi connectivity index (χ3v) is 4.19. The van der Waals surface area contributed by atoms with Gasteiger partial charge in [0.25, 0.3) is 0 Å². The molecule has 0 amide bonds. The first kappa shape index (κ1) is 16.0. The van der Waals surface area contributed by atoms with Crippen LogP contribution in [0, 0.1) is 0 Å². The third kappa shape index (κ3) is 2.53. The van der Waals surface area contributed by atoms with Crippen LogP contribution in [-0.2, 0) is 9.53 Å². The number of para-hydroxylation sites is 1. The molecule has 3 aromatic rings. The third-order valence-electron chi connectivity index (χ3n) is 4.19. The van der Waals surface area contributed by atoms with Crippen molar-refractivity contribution in [3.05, 3.63) is 59.6 Å². The zero-order chi connectivity index (χ0) is 18.1. The summed E-state index contributed by atoms with van der Waals surface area (Å²) in [6.07, 6.45) is 3.55. The maximum absolute atomic E-state index is 12.7. The summed E-state index contributed by atoms with van der Waals surface area (Å²) >= 11 is 0. The van der Waals surface area contributed by atoms with Gasteiger partial charge in [0.05, 0.1) is 17.9 Å². The number of nitrogens with one attached hydrogen (secondary N) is 1. The molecule has 1 aromatic carbocycles. The second-order valence-corrected chi connectivity index (χ2v) is 5.74. The van der Waals surface area contributed by atoms with Gasteiger partial charge >= 0.3 is 5.97 Å². The maximum Gasteiger partial charge on any atom is 0.338 e. The molecule has 1 aliphatic heterocycles. The van der Waals surface area contributed by atoms with Crippen molar-refractivity contribution < 1.29 is 9.53 Å². The van der Waals surface area contributed by atoms with E-state index in [9.17, 15) is 4.79 Å². The highest BCUT2D eigenvalue weighted by Crippen LogP contribution is 2.37. The molecule has 0 bridgehead atoms. The quantitative estimate of drug-likeness (QED) is 0.714. The average Bonchev–Trinajstić information content (AvgIpc) is 3.32. The van der Waals surface area contributed by atoms with Gasteiger partial charge in [0.1, 0.15) is 6.04 Å². The lowest BCUT2D eigenvalue weighted by molar-refractivity contribution is -0.139. The van der Waals surface area contributed by atoms with Crippen LogP contribution in [0.5, 0.6) is 0 Å². The van der Waals surface area contributed by atoms with Gasteiger partial charge in [0.2, 0.25) is 5.95 Å². The van der Waals surface area contributed by atoms with Crippen molar-refractivity contribution in [3.63, 3.8) is 0 Å². The number of anilines is 1. The molecule has 132 valence electrons. The number of nitrogens with zero attached hydrogens (tertiary/aromatic N) is 6. The summed E-state index contributed by atoms with van der Waals surface area (Å²) in [5, 5.41) is 19.2. The van der Waals surface area contributed by atoms with Gasteiger partial charge < -0.3 is 10.1 Å². The van der Waals surface area contributed by atoms with Crippen LogP contribution in [0.4, 0.5) is 5.95 Å². The number of rotatable bonds is 4. The predicted octanol–water partition coefficient (Wildman–Crippen LogP) is 1.71. The Labute approximate surface area is 149 Å². The standard InChI is InChI=1S/C17H17N7O2/c1-3-26-16(25)14-11(2)19-17-20-21-22-24(17)15(14)12-7-4-5-8-13(12)23-10-6-9-18-23/h4-10,15H,3H2,1-2H3,(H,19,20,22). The second kappa shape index (κ2) is 6.43. The highest BCUT2D eigenvalue weighted by atomic mass is 16.5. The lowest BCUT2D eigenvalue weighted by Gasteiger charge is -2.28. The van der Waals surface area contributed by atoms with E-state index in [1.54, 1.807) is 22.5 Å². The van der Waals surface area contributed by atoms with Gasteiger partial charge in [-0.15, -0.1) is 0 Å². The molecular formula is C17H17N7O2. The fraction of sp³-hybridized carbons (Fsp3) is 0.235. The number of ether oxygens (including phenoxy) is 1. The molecule has 0 saturated heterocycles. The molecule has 9 nitrogen and oxygen atoms in total. The van der Waals surface area contributed by atoms with Crippen LogP contribution in [-0.4, -0.2) is 42.6 Å². The van der Waals surface area contributed by atoms with Crippen molar-refractivity contribution in [2.45, 2.75) is 19.9 Å². The van der Waals surface area contributed by atoms with E-state index in [1.165, 1.54) is 0 Å². The Morgan fingerprint density at radius 3 is 2.92 bits per heavy atom. The van der Waals surface area contributed by atoms with Crippen LogP contribution in [0.25, 0.3) is 5.69 Å². The lowest BCUT2D eigenvalue weighted by Crippen LogP contribution is -2.30. The molecule has 9 heteroatoms. The Bertz CT molecular complexity index is 975. The number of hydrogen-bond donors (Lipinski definition) is 1. The molecule has 0 spiro atoms. The second-order valence-electron chi connectivity index (χ2n) is 5.74. The summed E-state index contributed by atoms with van der Waals surface area (Å²) in [6, 6.07) is 9.02. The first-order valence-electron chi connectivity index (χ1n) is 8.22. The predicted molar refractivity (Wildman–Crippen MR) is 92.5 cm³/mol. The van der Waals surface area contributed by atoms with Crippen molar-refractivity contribution in [1.82, 2.24) is 30.0 Å². The van der Waals surface area contributed by atoms with Crippen LogP contribution in [0.2, 0.25) is 0 Å².